The average molecular weight is 481 g/mol. The highest BCUT2D eigenvalue weighted by atomic mass is 32.2. The Kier molecular flexibility index (Phi) is 5.99. The van der Waals surface area contributed by atoms with Gasteiger partial charge in [0.25, 0.3) is 0 Å². The van der Waals surface area contributed by atoms with Crippen molar-refractivity contribution in [2.75, 3.05) is 13.2 Å². The molecule has 0 spiro atoms. The molecule has 0 aliphatic carbocycles. The first-order chi connectivity index (χ1) is 15.6. The van der Waals surface area contributed by atoms with Crippen LogP contribution < -0.4 is 9.46 Å². The van der Waals surface area contributed by atoms with Gasteiger partial charge in [0.05, 0.1) is 10.5 Å². The summed E-state index contributed by atoms with van der Waals surface area (Å²) in [6, 6.07) is 11.9. The third-order valence-electron chi connectivity index (χ3n) is 4.48. The molecule has 4 aromatic rings. The monoisotopic (exact) mass is 481 g/mol. The van der Waals surface area contributed by atoms with E-state index in [1.54, 1.807) is 6.07 Å². The first-order valence-corrected chi connectivity index (χ1v) is 10.9. The number of nitrogens with zero attached hydrogens (tertiary/aromatic N) is 4. The zero-order valence-electron chi connectivity index (χ0n) is 16.6. The summed E-state index contributed by atoms with van der Waals surface area (Å²) in [6.45, 7) is -0.261. The van der Waals surface area contributed by atoms with Crippen LogP contribution >= 0.6 is 0 Å². The van der Waals surface area contributed by atoms with Gasteiger partial charge in [-0.3, -0.25) is 0 Å². The van der Waals surface area contributed by atoms with Crippen LogP contribution in [0.3, 0.4) is 0 Å². The van der Waals surface area contributed by atoms with Gasteiger partial charge in [0, 0.05) is 18.2 Å². The lowest BCUT2D eigenvalue weighted by Gasteiger charge is -2.10. The van der Waals surface area contributed by atoms with Crippen LogP contribution in [0.5, 0.6) is 5.88 Å². The van der Waals surface area contributed by atoms with Crippen molar-refractivity contribution in [3.8, 4) is 17.3 Å². The second kappa shape index (κ2) is 8.75. The number of hydrogen-bond acceptors (Lipinski definition) is 6. The van der Waals surface area contributed by atoms with Crippen LogP contribution in [-0.4, -0.2) is 41.4 Å². The van der Waals surface area contributed by atoms with Crippen LogP contribution in [-0.2, 0) is 16.2 Å². The minimum absolute atomic E-state index is 0.105. The standard InChI is InChI=1S/C20H15F4N5O3S/c21-15-5-1-13(2-6-15)19-27-26-17-9-10-18(28-29(17)19)32-12-11-25-33(30,31)16-7-3-14(4-8-16)20(22,23)24/h1-10,25H,11-12H2. The molecule has 2 aromatic carbocycles. The molecule has 0 radical (unpaired) electrons. The summed E-state index contributed by atoms with van der Waals surface area (Å²) in [7, 11) is -4.02. The molecule has 0 saturated heterocycles. The van der Waals surface area contributed by atoms with Gasteiger partial charge >= 0.3 is 6.18 Å². The number of rotatable bonds is 7. The van der Waals surface area contributed by atoms with Gasteiger partial charge in [-0.2, -0.15) is 17.7 Å². The summed E-state index contributed by atoms with van der Waals surface area (Å²) < 4.78 is 84.7. The predicted octanol–water partition coefficient (Wildman–Crippen LogP) is 3.31. The molecular formula is C20H15F4N5O3S. The zero-order chi connectivity index (χ0) is 23.6. The number of sulfonamides is 1. The Morgan fingerprint density at radius 1 is 0.939 bits per heavy atom. The van der Waals surface area contributed by atoms with E-state index < -0.39 is 27.6 Å². The molecule has 0 saturated carbocycles. The molecule has 0 bridgehead atoms. The van der Waals surface area contributed by atoms with Crippen molar-refractivity contribution in [1.82, 2.24) is 24.5 Å². The van der Waals surface area contributed by atoms with Gasteiger partial charge in [-0.25, -0.2) is 17.5 Å². The Hall–Kier alpha value is -3.58. The van der Waals surface area contributed by atoms with E-state index in [-0.39, 0.29) is 23.9 Å². The molecule has 172 valence electrons. The molecule has 0 aliphatic rings. The fraction of sp³-hybridized carbons (Fsp3) is 0.150. The van der Waals surface area contributed by atoms with Crippen LogP contribution in [0.2, 0.25) is 0 Å². The molecule has 2 aromatic heterocycles. The number of halogens is 4. The molecule has 8 nitrogen and oxygen atoms in total. The Morgan fingerprint density at radius 2 is 1.64 bits per heavy atom. The topological polar surface area (TPSA) is 98.5 Å². The van der Waals surface area contributed by atoms with Gasteiger partial charge in [0.1, 0.15) is 12.4 Å². The molecule has 4 rings (SSSR count). The lowest BCUT2D eigenvalue weighted by molar-refractivity contribution is -0.137. The molecule has 13 heteroatoms. The summed E-state index contributed by atoms with van der Waals surface area (Å²) in [4.78, 5) is -0.302. The average Bonchev–Trinajstić information content (AvgIpc) is 3.20. The second-order valence-corrected chi connectivity index (χ2v) is 8.51. The lowest BCUT2D eigenvalue weighted by Crippen LogP contribution is -2.28. The van der Waals surface area contributed by atoms with Gasteiger partial charge in [-0.1, -0.05) is 0 Å². The maximum Gasteiger partial charge on any atom is 0.416 e. The van der Waals surface area contributed by atoms with Crippen LogP contribution in [0.1, 0.15) is 5.56 Å². The van der Waals surface area contributed by atoms with Gasteiger partial charge < -0.3 is 4.74 Å². The van der Waals surface area contributed by atoms with E-state index in [0.29, 0.717) is 29.2 Å². The van der Waals surface area contributed by atoms with Gasteiger partial charge in [-0.05, 0) is 54.6 Å². The molecular weight excluding hydrogens is 466 g/mol. The maximum absolute atomic E-state index is 13.2. The Labute approximate surface area is 184 Å². The summed E-state index contributed by atoms with van der Waals surface area (Å²) in [5.74, 6) is 0.112. The van der Waals surface area contributed by atoms with Crippen molar-refractivity contribution in [2.45, 2.75) is 11.1 Å². The largest absolute Gasteiger partial charge is 0.475 e. The number of nitrogens with one attached hydrogen (secondary N) is 1. The number of fused-ring (bicyclic) bond motifs is 1. The lowest BCUT2D eigenvalue weighted by atomic mass is 10.2. The molecule has 1 N–H and O–H groups in total. The highest BCUT2D eigenvalue weighted by Crippen LogP contribution is 2.29. The fourth-order valence-electron chi connectivity index (χ4n) is 2.87. The third-order valence-corrected chi connectivity index (χ3v) is 5.95. The highest BCUT2D eigenvalue weighted by molar-refractivity contribution is 7.89. The summed E-state index contributed by atoms with van der Waals surface area (Å²) in [6.07, 6.45) is -4.56. The van der Waals surface area contributed by atoms with Gasteiger partial charge in [-0.15, -0.1) is 15.3 Å². The van der Waals surface area contributed by atoms with Crippen molar-refractivity contribution in [2.24, 2.45) is 0 Å². The SMILES string of the molecule is O=S(=O)(NCCOc1ccc2nnc(-c3ccc(F)cc3)n2n1)c1ccc(C(F)(F)F)cc1. The quantitative estimate of drug-likeness (QED) is 0.321. The Morgan fingerprint density at radius 3 is 2.30 bits per heavy atom. The summed E-state index contributed by atoms with van der Waals surface area (Å²) in [5, 5.41) is 12.3. The van der Waals surface area contributed by atoms with Crippen molar-refractivity contribution < 1.29 is 30.7 Å². The van der Waals surface area contributed by atoms with E-state index in [2.05, 4.69) is 20.0 Å². The van der Waals surface area contributed by atoms with Crippen molar-refractivity contribution in [1.29, 1.82) is 0 Å². The smallest absolute Gasteiger partial charge is 0.416 e. The van der Waals surface area contributed by atoms with E-state index in [0.717, 1.165) is 12.1 Å². The van der Waals surface area contributed by atoms with Crippen LogP contribution in [0, 0.1) is 5.82 Å². The molecule has 33 heavy (non-hydrogen) atoms. The van der Waals surface area contributed by atoms with Crippen LogP contribution in [0.25, 0.3) is 17.0 Å². The van der Waals surface area contributed by atoms with E-state index in [4.69, 9.17) is 4.74 Å². The molecule has 0 aliphatic heterocycles. The normalized spacial score (nSPS) is 12.2. The van der Waals surface area contributed by atoms with Crippen LogP contribution in [0.4, 0.5) is 17.6 Å². The van der Waals surface area contributed by atoms with E-state index in [1.807, 2.05) is 0 Å². The number of aromatic nitrogens is 4. The zero-order valence-corrected chi connectivity index (χ0v) is 17.4. The molecule has 0 amide bonds. The van der Waals surface area contributed by atoms with Gasteiger partial charge in [0.2, 0.25) is 15.9 Å². The molecule has 0 fully saturated rings. The molecule has 2 heterocycles. The van der Waals surface area contributed by atoms with Crippen LogP contribution in [0.15, 0.2) is 65.6 Å². The predicted molar refractivity (Wildman–Crippen MR) is 108 cm³/mol. The first kappa shape index (κ1) is 22.6. The Bertz CT molecular complexity index is 1370. The number of ether oxygens (including phenoxy) is 1. The van der Waals surface area contributed by atoms with Crippen molar-refractivity contribution in [3.63, 3.8) is 0 Å². The molecule has 0 atom stereocenters. The summed E-state index contributed by atoms with van der Waals surface area (Å²) in [5.41, 5.74) is 0.0581. The van der Waals surface area contributed by atoms with Crippen molar-refractivity contribution in [3.05, 3.63) is 72.0 Å². The molecule has 0 unspecified atom stereocenters. The second-order valence-electron chi connectivity index (χ2n) is 6.74. The minimum atomic E-state index is -4.56. The highest BCUT2D eigenvalue weighted by Gasteiger charge is 2.30. The number of benzene rings is 2. The summed E-state index contributed by atoms with van der Waals surface area (Å²) >= 11 is 0. The number of hydrogen-bond donors (Lipinski definition) is 1. The fourth-order valence-corrected chi connectivity index (χ4v) is 3.88. The first-order valence-electron chi connectivity index (χ1n) is 9.42. The maximum atomic E-state index is 13.2. The van der Waals surface area contributed by atoms with Crippen molar-refractivity contribution >= 4 is 15.7 Å². The Balaban J connectivity index is 1.40. The van der Waals surface area contributed by atoms with E-state index in [1.165, 1.54) is 34.8 Å². The number of alkyl halides is 3. The van der Waals surface area contributed by atoms with Gasteiger partial charge in [0.15, 0.2) is 11.5 Å². The van der Waals surface area contributed by atoms with E-state index in [9.17, 15) is 26.0 Å². The minimum Gasteiger partial charge on any atom is -0.475 e. The van der Waals surface area contributed by atoms with E-state index >= 15 is 0 Å². The third kappa shape index (κ3) is 5.09.